The summed E-state index contributed by atoms with van der Waals surface area (Å²) < 4.78 is 0. The fraction of sp³-hybridized carbons (Fsp3) is 0.636. The van der Waals surface area contributed by atoms with Crippen molar-refractivity contribution in [3.05, 3.63) is 12.2 Å². The molecule has 72 valence electrons. The van der Waals surface area contributed by atoms with Crippen molar-refractivity contribution >= 4 is 12.1 Å². The molecule has 0 aromatic carbocycles. The van der Waals surface area contributed by atoms with Crippen molar-refractivity contribution in [2.45, 2.75) is 32.6 Å². The quantitative estimate of drug-likeness (QED) is 0.490. The zero-order chi connectivity index (χ0) is 9.68. The predicted molar refractivity (Wildman–Crippen MR) is 51.3 cm³/mol. The van der Waals surface area contributed by atoms with Gasteiger partial charge in [0.15, 0.2) is 0 Å². The van der Waals surface area contributed by atoms with Crippen LogP contribution >= 0.6 is 0 Å². The van der Waals surface area contributed by atoms with Gasteiger partial charge in [-0.15, -0.1) is 0 Å². The van der Waals surface area contributed by atoms with Gasteiger partial charge < -0.3 is 4.79 Å². The maximum absolute atomic E-state index is 11.2. The number of allylic oxidation sites excluding steroid dienone is 2. The van der Waals surface area contributed by atoms with Crippen LogP contribution in [-0.4, -0.2) is 12.1 Å². The van der Waals surface area contributed by atoms with Gasteiger partial charge in [0.25, 0.3) is 0 Å². The molecule has 0 aromatic heterocycles. The van der Waals surface area contributed by atoms with Gasteiger partial charge in [0.1, 0.15) is 12.1 Å². The van der Waals surface area contributed by atoms with Crippen LogP contribution in [0.3, 0.4) is 0 Å². The summed E-state index contributed by atoms with van der Waals surface area (Å²) >= 11 is 0. The van der Waals surface area contributed by atoms with E-state index in [4.69, 9.17) is 0 Å². The second kappa shape index (κ2) is 4.95. The topological polar surface area (TPSA) is 34.1 Å². The summed E-state index contributed by atoms with van der Waals surface area (Å²) in [6, 6.07) is 0. The highest BCUT2D eigenvalue weighted by Crippen LogP contribution is 2.33. The zero-order valence-electron chi connectivity index (χ0n) is 8.03. The van der Waals surface area contributed by atoms with Crippen LogP contribution in [0.4, 0.5) is 0 Å². The van der Waals surface area contributed by atoms with Crippen molar-refractivity contribution in [1.82, 2.24) is 0 Å². The van der Waals surface area contributed by atoms with Gasteiger partial charge in [-0.3, -0.25) is 4.79 Å². The van der Waals surface area contributed by atoms with Gasteiger partial charge in [-0.1, -0.05) is 12.2 Å². The molecular formula is C11H16O2. The minimum atomic E-state index is 0.307. The number of hydrogen-bond acceptors (Lipinski definition) is 2. The monoisotopic (exact) mass is 180 g/mol. The highest BCUT2D eigenvalue weighted by Gasteiger charge is 2.31. The Kier molecular flexibility index (Phi) is 3.87. The van der Waals surface area contributed by atoms with Crippen LogP contribution in [0.2, 0.25) is 0 Å². The molecule has 0 spiro atoms. The fourth-order valence-electron chi connectivity index (χ4n) is 1.99. The standard InChI is InChI=1S/C11H16O2/c1-2-3-4-9-7-11(13)8-10(9)5-6-12/h2-3,6,9-10H,4-5,7-8H2,1H3. The van der Waals surface area contributed by atoms with E-state index in [2.05, 4.69) is 6.08 Å². The van der Waals surface area contributed by atoms with Crippen LogP contribution in [-0.2, 0) is 9.59 Å². The summed E-state index contributed by atoms with van der Waals surface area (Å²) in [5.74, 6) is 1.04. The first-order valence-electron chi connectivity index (χ1n) is 4.84. The Bertz CT molecular complexity index is 218. The molecule has 0 aromatic rings. The van der Waals surface area contributed by atoms with Crippen LogP contribution < -0.4 is 0 Å². The molecule has 1 aliphatic rings. The third-order valence-electron chi connectivity index (χ3n) is 2.72. The lowest BCUT2D eigenvalue weighted by Gasteiger charge is -2.13. The number of Topliss-reactive ketones (excluding diaryl/α,β-unsaturated/α-hetero) is 1. The van der Waals surface area contributed by atoms with E-state index < -0.39 is 0 Å². The number of rotatable bonds is 4. The van der Waals surface area contributed by atoms with Gasteiger partial charge in [0, 0.05) is 19.3 Å². The average molecular weight is 180 g/mol. The molecule has 0 aliphatic heterocycles. The third-order valence-corrected chi connectivity index (χ3v) is 2.72. The first-order chi connectivity index (χ1) is 6.27. The minimum absolute atomic E-state index is 0.307. The number of carbonyl (C=O) groups is 2. The van der Waals surface area contributed by atoms with Gasteiger partial charge in [0.2, 0.25) is 0 Å². The first kappa shape index (κ1) is 10.2. The van der Waals surface area contributed by atoms with E-state index in [1.54, 1.807) is 0 Å². The van der Waals surface area contributed by atoms with E-state index in [1.807, 2.05) is 13.0 Å². The average Bonchev–Trinajstić information content (AvgIpc) is 2.44. The van der Waals surface area contributed by atoms with Gasteiger partial charge in [-0.2, -0.15) is 0 Å². The van der Waals surface area contributed by atoms with Gasteiger partial charge >= 0.3 is 0 Å². The Morgan fingerprint density at radius 1 is 1.31 bits per heavy atom. The maximum Gasteiger partial charge on any atom is 0.133 e. The summed E-state index contributed by atoms with van der Waals surface area (Å²) in [6.07, 6.45) is 7.80. The third kappa shape index (κ3) is 2.79. The maximum atomic E-state index is 11.2. The first-order valence-corrected chi connectivity index (χ1v) is 4.84. The SMILES string of the molecule is CC=CCC1CC(=O)CC1CC=O. The van der Waals surface area contributed by atoms with Crippen molar-refractivity contribution in [1.29, 1.82) is 0 Å². The Hall–Kier alpha value is -0.920. The molecule has 0 heterocycles. The van der Waals surface area contributed by atoms with Gasteiger partial charge in [-0.25, -0.2) is 0 Å². The van der Waals surface area contributed by atoms with Gasteiger partial charge in [-0.05, 0) is 25.2 Å². The molecule has 0 saturated heterocycles. The van der Waals surface area contributed by atoms with E-state index >= 15 is 0 Å². The largest absolute Gasteiger partial charge is 0.303 e. The molecule has 13 heavy (non-hydrogen) atoms. The van der Waals surface area contributed by atoms with Crippen LogP contribution in [0.25, 0.3) is 0 Å². The summed E-state index contributed by atoms with van der Waals surface area (Å²) in [5, 5.41) is 0. The van der Waals surface area contributed by atoms with Crippen molar-refractivity contribution < 1.29 is 9.59 Å². The zero-order valence-corrected chi connectivity index (χ0v) is 8.03. The minimum Gasteiger partial charge on any atom is -0.303 e. The number of ketones is 1. The van der Waals surface area contributed by atoms with Crippen LogP contribution in [0, 0.1) is 11.8 Å². The van der Waals surface area contributed by atoms with Crippen molar-refractivity contribution in [3.8, 4) is 0 Å². The molecule has 0 bridgehead atoms. The van der Waals surface area contributed by atoms with E-state index in [1.165, 1.54) is 0 Å². The lowest BCUT2D eigenvalue weighted by Crippen LogP contribution is -2.07. The number of hydrogen-bond donors (Lipinski definition) is 0. The molecule has 2 heteroatoms. The smallest absolute Gasteiger partial charge is 0.133 e. The Morgan fingerprint density at radius 2 is 1.92 bits per heavy atom. The predicted octanol–water partition coefficient (Wildman–Crippen LogP) is 2.14. The second-order valence-corrected chi connectivity index (χ2v) is 3.67. The van der Waals surface area contributed by atoms with E-state index in [0.717, 1.165) is 12.7 Å². The van der Waals surface area contributed by atoms with Crippen LogP contribution in [0.15, 0.2) is 12.2 Å². The van der Waals surface area contributed by atoms with Crippen molar-refractivity contribution in [2.24, 2.45) is 11.8 Å². The molecule has 1 fully saturated rings. The molecule has 0 amide bonds. The summed E-state index contributed by atoms with van der Waals surface area (Å²) in [7, 11) is 0. The summed E-state index contributed by atoms with van der Waals surface area (Å²) in [5.41, 5.74) is 0. The number of aldehydes is 1. The molecule has 2 unspecified atom stereocenters. The van der Waals surface area contributed by atoms with Crippen molar-refractivity contribution in [2.75, 3.05) is 0 Å². The molecule has 0 N–H and O–H groups in total. The molecular weight excluding hydrogens is 164 g/mol. The molecule has 2 atom stereocenters. The molecule has 1 rings (SSSR count). The Morgan fingerprint density at radius 3 is 2.46 bits per heavy atom. The van der Waals surface area contributed by atoms with Crippen LogP contribution in [0.5, 0.6) is 0 Å². The molecule has 1 aliphatic carbocycles. The number of carbonyl (C=O) groups excluding carboxylic acids is 2. The Labute approximate surface area is 79.0 Å². The molecule has 2 nitrogen and oxygen atoms in total. The summed E-state index contributed by atoms with van der Waals surface area (Å²) in [6.45, 7) is 1.98. The second-order valence-electron chi connectivity index (χ2n) is 3.67. The van der Waals surface area contributed by atoms with Gasteiger partial charge in [0.05, 0.1) is 0 Å². The Balaban J connectivity index is 2.49. The van der Waals surface area contributed by atoms with E-state index in [0.29, 0.717) is 36.9 Å². The van der Waals surface area contributed by atoms with E-state index in [9.17, 15) is 9.59 Å². The van der Waals surface area contributed by atoms with E-state index in [-0.39, 0.29) is 0 Å². The molecule has 0 radical (unpaired) electrons. The summed E-state index contributed by atoms with van der Waals surface area (Å²) in [4.78, 5) is 21.5. The lowest BCUT2D eigenvalue weighted by atomic mass is 9.91. The normalized spacial score (nSPS) is 28.5. The van der Waals surface area contributed by atoms with Crippen LogP contribution in [0.1, 0.15) is 32.6 Å². The highest BCUT2D eigenvalue weighted by atomic mass is 16.1. The highest BCUT2D eigenvalue weighted by molar-refractivity contribution is 5.81. The fourth-order valence-corrected chi connectivity index (χ4v) is 1.99. The lowest BCUT2D eigenvalue weighted by molar-refractivity contribution is -0.117. The van der Waals surface area contributed by atoms with Crippen molar-refractivity contribution in [3.63, 3.8) is 0 Å². The molecule has 1 saturated carbocycles.